The van der Waals surface area contributed by atoms with Gasteiger partial charge >= 0.3 is 0 Å². The molecule has 0 saturated heterocycles. The first-order valence-corrected chi connectivity index (χ1v) is 11.5. The molecule has 0 fully saturated rings. The number of ether oxygens (including phenoxy) is 1. The zero-order valence-electron chi connectivity index (χ0n) is 18.3. The normalized spacial score (nSPS) is 12.6. The average Bonchev–Trinajstić information content (AvgIpc) is 2.78. The van der Waals surface area contributed by atoms with Crippen molar-refractivity contribution in [2.24, 2.45) is 0 Å². The summed E-state index contributed by atoms with van der Waals surface area (Å²) in [5, 5.41) is 0. The highest BCUT2D eigenvalue weighted by molar-refractivity contribution is 5.59. The molecule has 2 aromatic carbocycles. The average molecular weight is 392 g/mol. The quantitative estimate of drug-likeness (QED) is 0.349. The monoisotopic (exact) mass is 391 g/mol. The summed E-state index contributed by atoms with van der Waals surface area (Å²) in [6, 6.07) is 15.4. The lowest BCUT2D eigenvalue weighted by atomic mass is 9.92. The summed E-state index contributed by atoms with van der Waals surface area (Å²) in [6.45, 7) is 4.38. The molecular weight excluding hydrogens is 354 g/mol. The van der Waals surface area contributed by atoms with E-state index in [4.69, 9.17) is 4.74 Å². The summed E-state index contributed by atoms with van der Waals surface area (Å²) in [4.78, 5) is 2.55. The van der Waals surface area contributed by atoms with Crippen LogP contribution in [0, 0.1) is 0 Å². The predicted molar refractivity (Wildman–Crippen MR) is 126 cm³/mol. The Morgan fingerprint density at radius 1 is 0.897 bits per heavy atom. The highest BCUT2D eigenvalue weighted by Gasteiger charge is 2.14. The van der Waals surface area contributed by atoms with Gasteiger partial charge in [-0.15, -0.1) is 0 Å². The molecule has 2 heteroatoms. The highest BCUT2D eigenvalue weighted by Crippen LogP contribution is 2.27. The lowest BCUT2D eigenvalue weighted by Crippen LogP contribution is -2.25. The smallest absolute Gasteiger partial charge is 0.119 e. The van der Waals surface area contributed by atoms with E-state index >= 15 is 0 Å². The van der Waals surface area contributed by atoms with Gasteiger partial charge in [-0.2, -0.15) is 0 Å². The van der Waals surface area contributed by atoms with E-state index in [0.717, 1.165) is 31.7 Å². The van der Waals surface area contributed by atoms with Crippen molar-refractivity contribution in [2.45, 2.75) is 71.3 Å². The molecule has 2 aromatic rings. The van der Waals surface area contributed by atoms with Gasteiger partial charge in [-0.1, -0.05) is 75.8 Å². The second kappa shape index (κ2) is 11.7. The fraction of sp³-hybridized carbons (Fsp3) is 0.481. The number of anilines is 1. The van der Waals surface area contributed by atoms with Crippen molar-refractivity contribution in [3.05, 3.63) is 65.2 Å². The number of rotatable bonds is 12. The summed E-state index contributed by atoms with van der Waals surface area (Å²) in [6.07, 6.45) is 16.3. The maximum absolute atomic E-state index is 5.36. The Bertz CT molecular complexity index is 763. The van der Waals surface area contributed by atoms with Crippen LogP contribution < -0.4 is 9.64 Å². The molecule has 3 rings (SSSR count). The van der Waals surface area contributed by atoms with Gasteiger partial charge in [0.15, 0.2) is 0 Å². The van der Waals surface area contributed by atoms with Gasteiger partial charge in [0.1, 0.15) is 5.75 Å². The molecule has 0 saturated carbocycles. The molecule has 0 aliphatic heterocycles. The Balaban J connectivity index is 1.67. The first-order chi connectivity index (χ1) is 14.3. The van der Waals surface area contributed by atoms with Gasteiger partial charge in [0.2, 0.25) is 0 Å². The zero-order chi connectivity index (χ0) is 20.3. The predicted octanol–water partition coefficient (Wildman–Crippen LogP) is 7.41. The lowest BCUT2D eigenvalue weighted by Gasteiger charge is -2.27. The number of methoxy groups -OCH3 is 1. The van der Waals surface area contributed by atoms with E-state index in [-0.39, 0.29) is 0 Å². The SMILES string of the molecule is CCCCCCCCCN(Cc1cccc2c1CCC=C2)c1ccc(OC)cc1. The van der Waals surface area contributed by atoms with Gasteiger partial charge in [0.25, 0.3) is 0 Å². The summed E-state index contributed by atoms with van der Waals surface area (Å²) in [5.74, 6) is 0.923. The first kappa shape index (κ1) is 21.5. The molecule has 0 radical (unpaired) electrons. The maximum atomic E-state index is 5.36. The van der Waals surface area contributed by atoms with Crippen LogP contribution >= 0.6 is 0 Å². The van der Waals surface area contributed by atoms with Gasteiger partial charge in [0.05, 0.1) is 7.11 Å². The van der Waals surface area contributed by atoms with Crippen LogP contribution in [0.3, 0.4) is 0 Å². The van der Waals surface area contributed by atoms with Crippen molar-refractivity contribution in [3.8, 4) is 5.75 Å². The molecule has 1 aliphatic carbocycles. The minimum absolute atomic E-state index is 0.923. The summed E-state index contributed by atoms with van der Waals surface area (Å²) in [5.41, 5.74) is 5.71. The van der Waals surface area contributed by atoms with E-state index < -0.39 is 0 Å². The molecule has 0 aromatic heterocycles. The molecule has 0 atom stereocenters. The number of hydrogen-bond donors (Lipinski definition) is 0. The number of allylic oxidation sites excluding steroid dienone is 1. The van der Waals surface area contributed by atoms with Crippen LogP contribution in [-0.2, 0) is 13.0 Å². The molecule has 2 nitrogen and oxygen atoms in total. The fourth-order valence-corrected chi connectivity index (χ4v) is 4.26. The largest absolute Gasteiger partial charge is 0.497 e. The van der Waals surface area contributed by atoms with Crippen LogP contribution in [0.1, 0.15) is 75.0 Å². The van der Waals surface area contributed by atoms with E-state index in [0.29, 0.717) is 0 Å². The van der Waals surface area contributed by atoms with E-state index in [1.807, 2.05) is 0 Å². The fourth-order valence-electron chi connectivity index (χ4n) is 4.26. The van der Waals surface area contributed by atoms with Crippen molar-refractivity contribution in [3.63, 3.8) is 0 Å². The molecule has 1 aliphatic rings. The molecule has 0 heterocycles. The standard InChI is InChI=1S/C27H37NO/c1-3-4-5-6-7-8-11-21-28(25-17-19-26(29-2)20-18-25)22-24-15-12-14-23-13-9-10-16-27(23)24/h9,12-15,17-20H,3-8,10-11,16,21-22H2,1-2H3. The minimum Gasteiger partial charge on any atom is -0.497 e. The number of unbranched alkanes of at least 4 members (excludes halogenated alkanes) is 6. The molecule has 0 spiro atoms. The van der Waals surface area contributed by atoms with Crippen molar-refractivity contribution >= 4 is 11.8 Å². The van der Waals surface area contributed by atoms with Gasteiger partial charge in [-0.25, -0.2) is 0 Å². The molecule has 29 heavy (non-hydrogen) atoms. The molecule has 0 amide bonds. The number of hydrogen-bond acceptors (Lipinski definition) is 2. The third kappa shape index (κ3) is 6.39. The molecule has 156 valence electrons. The number of fused-ring (bicyclic) bond motifs is 1. The van der Waals surface area contributed by atoms with Crippen molar-refractivity contribution in [2.75, 3.05) is 18.6 Å². The maximum Gasteiger partial charge on any atom is 0.119 e. The second-order valence-corrected chi connectivity index (χ2v) is 8.17. The second-order valence-electron chi connectivity index (χ2n) is 8.17. The third-order valence-electron chi connectivity index (χ3n) is 6.00. The van der Waals surface area contributed by atoms with Crippen LogP contribution in [0.2, 0.25) is 0 Å². The van der Waals surface area contributed by atoms with Crippen LogP contribution in [0.4, 0.5) is 5.69 Å². The van der Waals surface area contributed by atoms with E-state index in [1.54, 1.807) is 7.11 Å². The number of nitrogens with zero attached hydrogens (tertiary/aromatic N) is 1. The van der Waals surface area contributed by atoms with Crippen LogP contribution in [-0.4, -0.2) is 13.7 Å². The van der Waals surface area contributed by atoms with E-state index in [1.165, 1.54) is 67.3 Å². The van der Waals surface area contributed by atoms with Crippen molar-refractivity contribution in [1.82, 2.24) is 0 Å². The Kier molecular flexibility index (Phi) is 8.67. The molecular formula is C27H37NO. The number of benzene rings is 2. The zero-order valence-corrected chi connectivity index (χ0v) is 18.3. The van der Waals surface area contributed by atoms with Crippen LogP contribution in [0.5, 0.6) is 5.75 Å². The van der Waals surface area contributed by atoms with Crippen LogP contribution in [0.15, 0.2) is 48.5 Å². The Morgan fingerprint density at radius 2 is 1.66 bits per heavy atom. The summed E-state index contributed by atoms with van der Waals surface area (Å²) < 4.78 is 5.36. The first-order valence-electron chi connectivity index (χ1n) is 11.5. The molecule has 0 N–H and O–H groups in total. The molecule has 0 bridgehead atoms. The Hall–Kier alpha value is -2.22. The Labute approximate surface area is 177 Å². The van der Waals surface area contributed by atoms with Gasteiger partial charge in [-0.3, -0.25) is 0 Å². The van der Waals surface area contributed by atoms with Crippen molar-refractivity contribution < 1.29 is 4.74 Å². The van der Waals surface area contributed by atoms with Crippen molar-refractivity contribution in [1.29, 1.82) is 0 Å². The minimum atomic E-state index is 0.923. The third-order valence-corrected chi connectivity index (χ3v) is 6.00. The highest BCUT2D eigenvalue weighted by atomic mass is 16.5. The van der Waals surface area contributed by atoms with Gasteiger partial charge in [-0.05, 0) is 60.2 Å². The lowest BCUT2D eigenvalue weighted by molar-refractivity contribution is 0.415. The Morgan fingerprint density at radius 3 is 2.41 bits per heavy atom. The van der Waals surface area contributed by atoms with Crippen LogP contribution in [0.25, 0.3) is 6.08 Å². The summed E-state index contributed by atoms with van der Waals surface area (Å²) in [7, 11) is 1.73. The van der Waals surface area contributed by atoms with Gasteiger partial charge < -0.3 is 9.64 Å². The summed E-state index contributed by atoms with van der Waals surface area (Å²) >= 11 is 0. The van der Waals surface area contributed by atoms with Gasteiger partial charge in [0, 0.05) is 18.8 Å². The topological polar surface area (TPSA) is 12.5 Å². The molecule has 0 unspecified atom stereocenters. The van der Waals surface area contributed by atoms with E-state index in [9.17, 15) is 0 Å². The van der Waals surface area contributed by atoms with E-state index in [2.05, 4.69) is 66.4 Å².